The molecule has 1 aromatic rings. The highest BCUT2D eigenvalue weighted by molar-refractivity contribution is 9.10. The molecule has 0 atom stereocenters. The van der Waals surface area contributed by atoms with E-state index in [1.807, 2.05) is 0 Å². The lowest BCUT2D eigenvalue weighted by molar-refractivity contribution is -0.144. The van der Waals surface area contributed by atoms with Gasteiger partial charge in [0.2, 0.25) is 0 Å². The van der Waals surface area contributed by atoms with Crippen molar-refractivity contribution in [2.45, 2.75) is 12.4 Å². The van der Waals surface area contributed by atoms with Crippen molar-refractivity contribution in [3.63, 3.8) is 0 Å². The summed E-state index contributed by atoms with van der Waals surface area (Å²) >= 11 is 2.29. The first kappa shape index (κ1) is 16.5. The van der Waals surface area contributed by atoms with Crippen LogP contribution in [-0.4, -0.2) is 11.1 Å². The summed E-state index contributed by atoms with van der Waals surface area (Å²) in [6.07, 6.45) is -8.92. The smallest absolute Gasteiger partial charge is 0.417 e. The minimum Gasteiger partial charge on any atom is -0.478 e. The van der Waals surface area contributed by atoms with Gasteiger partial charge in [-0.05, 0) is 39.7 Å². The van der Waals surface area contributed by atoms with Gasteiger partial charge < -0.3 is 5.11 Å². The summed E-state index contributed by atoms with van der Waals surface area (Å²) in [5.41, 5.74) is -3.58. The molecule has 1 rings (SSSR count). The molecule has 0 heterocycles. The number of halogens is 7. The van der Waals surface area contributed by atoms with Crippen LogP contribution >= 0.6 is 15.9 Å². The number of benzene rings is 1. The number of aliphatic carboxylic acids is 1. The molecular weight excluding hydrogens is 358 g/mol. The van der Waals surface area contributed by atoms with E-state index >= 15 is 0 Å². The molecule has 1 aromatic carbocycles. The molecule has 20 heavy (non-hydrogen) atoms. The van der Waals surface area contributed by atoms with Gasteiger partial charge in [0.25, 0.3) is 0 Å². The van der Waals surface area contributed by atoms with Gasteiger partial charge in [-0.1, -0.05) is 0 Å². The SMILES string of the molecule is O=C(O)/C=C/c1cc(C(F)(F)F)c(Br)c(C(F)(F)F)c1. The second-order valence-electron chi connectivity index (χ2n) is 3.60. The average Bonchev–Trinajstić information content (AvgIpc) is 2.24. The number of rotatable bonds is 2. The Hall–Kier alpha value is -1.51. The van der Waals surface area contributed by atoms with Crippen LogP contribution in [0.1, 0.15) is 16.7 Å². The Morgan fingerprint density at radius 2 is 1.45 bits per heavy atom. The molecule has 0 aromatic heterocycles. The second-order valence-corrected chi connectivity index (χ2v) is 4.39. The lowest BCUT2D eigenvalue weighted by Crippen LogP contribution is -2.13. The van der Waals surface area contributed by atoms with E-state index in [0.717, 1.165) is 0 Å². The quantitative estimate of drug-likeness (QED) is 0.617. The lowest BCUT2D eigenvalue weighted by atomic mass is 10.0. The van der Waals surface area contributed by atoms with Crippen molar-refractivity contribution in [2.24, 2.45) is 0 Å². The average molecular weight is 363 g/mol. The molecule has 0 aliphatic carbocycles. The van der Waals surface area contributed by atoms with Crippen LogP contribution in [0.3, 0.4) is 0 Å². The monoisotopic (exact) mass is 362 g/mol. The van der Waals surface area contributed by atoms with Gasteiger partial charge in [-0.25, -0.2) is 4.79 Å². The molecule has 0 saturated carbocycles. The molecule has 0 aliphatic heterocycles. The summed E-state index contributed by atoms with van der Waals surface area (Å²) < 4.78 is 74.8. The van der Waals surface area contributed by atoms with E-state index in [2.05, 4.69) is 15.9 Å². The van der Waals surface area contributed by atoms with Crippen molar-refractivity contribution in [2.75, 3.05) is 0 Å². The number of carboxylic acids is 1. The van der Waals surface area contributed by atoms with Crippen LogP contribution < -0.4 is 0 Å². The predicted octanol–water partition coefficient (Wildman–Crippen LogP) is 4.58. The minimum absolute atomic E-state index is 0.429. The zero-order valence-electron chi connectivity index (χ0n) is 9.31. The molecule has 0 amide bonds. The van der Waals surface area contributed by atoms with Gasteiger partial charge in [0.1, 0.15) is 0 Å². The van der Waals surface area contributed by atoms with Gasteiger partial charge in [-0.15, -0.1) is 0 Å². The van der Waals surface area contributed by atoms with Crippen LogP contribution in [0.2, 0.25) is 0 Å². The summed E-state index contributed by atoms with van der Waals surface area (Å²) in [7, 11) is 0. The Morgan fingerprint density at radius 3 is 1.75 bits per heavy atom. The number of hydrogen-bond donors (Lipinski definition) is 1. The van der Waals surface area contributed by atoms with Crippen molar-refractivity contribution in [1.29, 1.82) is 0 Å². The molecule has 110 valence electrons. The van der Waals surface area contributed by atoms with E-state index in [4.69, 9.17) is 5.11 Å². The highest BCUT2D eigenvalue weighted by atomic mass is 79.9. The van der Waals surface area contributed by atoms with E-state index in [0.29, 0.717) is 24.3 Å². The Balaban J connectivity index is 3.54. The topological polar surface area (TPSA) is 37.3 Å². The largest absolute Gasteiger partial charge is 0.478 e. The van der Waals surface area contributed by atoms with Gasteiger partial charge in [-0.3, -0.25) is 0 Å². The van der Waals surface area contributed by atoms with Crippen LogP contribution in [0.15, 0.2) is 22.7 Å². The van der Waals surface area contributed by atoms with Crippen molar-refractivity contribution in [1.82, 2.24) is 0 Å². The third-order valence-corrected chi connectivity index (χ3v) is 2.98. The predicted molar refractivity (Wildman–Crippen MR) is 60.8 cm³/mol. The van der Waals surface area contributed by atoms with Gasteiger partial charge in [0, 0.05) is 10.5 Å². The van der Waals surface area contributed by atoms with Gasteiger partial charge in [0.15, 0.2) is 0 Å². The van der Waals surface area contributed by atoms with Crippen molar-refractivity contribution in [3.05, 3.63) is 39.4 Å². The first-order valence-electron chi connectivity index (χ1n) is 4.82. The third-order valence-electron chi connectivity index (χ3n) is 2.12. The minimum atomic E-state index is -5.01. The summed E-state index contributed by atoms with van der Waals surface area (Å²) in [6.45, 7) is 0. The Labute approximate surface area is 116 Å². The fourth-order valence-electron chi connectivity index (χ4n) is 1.32. The zero-order valence-corrected chi connectivity index (χ0v) is 10.9. The highest BCUT2D eigenvalue weighted by Gasteiger charge is 2.40. The van der Waals surface area contributed by atoms with Crippen LogP contribution in [0.25, 0.3) is 6.08 Å². The summed E-state index contributed by atoms with van der Waals surface area (Å²) in [4.78, 5) is 10.3. The molecule has 0 aliphatic rings. The number of carboxylic acid groups (broad SMARTS) is 1. The maximum Gasteiger partial charge on any atom is 0.417 e. The molecule has 0 unspecified atom stereocenters. The Kier molecular flexibility index (Phi) is 4.52. The number of hydrogen-bond acceptors (Lipinski definition) is 1. The second kappa shape index (κ2) is 5.47. The van der Waals surface area contributed by atoms with E-state index < -0.39 is 39.5 Å². The molecule has 0 fully saturated rings. The summed E-state index contributed by atoms with van der Waals surface area (Å²) in [5, 5.41) is 8.35. The van der Waals surface area contributed by atoms with Gasteiger partial charge >= 0.3 is 18.3 Å². The van der Waals surface area contributed by atoms with Crippen molar-refractivity contribution >= 4 is 28.0 Å². The fourth-order valence-corrected chi connectivity index (χ4v) is 2.00. The van der Waals surface area contributed by atoms with Crippen LogP contribution in [0.4, 0.5) is 26.3 Å². The van der Waals surface area contributed by atoms with Crippen molar-refractivity contribution in [3.8, 4) is 0 Å². The van der Waals surface area contributed by atoms with Crippen molar-refractivity contribution < 1.29 is 36.2 Å². The van der Waals surface area contributed by atoms with E-state index in [9.17, 15) is 31.1 Å². The Bertz CT molecular complexity index is 524. The van der Waals surface area contributed by atoms with Gasteiger partial charge in [-0.2, -0.15) is 26.3 Å². The molecule has 0 saturated heterocycles. The Morgan fingerprint density at radius 1 is 1.05 bits per heavy atom. The molecular formula is C11H5BrF6O2. The molecule has 2 nitrogen and oxygen atoms in total. The number of carbonyl (C=O) groups is 1. The first-order valence-corrected chi connectivity index (χ1v) is 5.61. The van der Waals surface area contributed by atoms with Crippen LogP contribution in [0.5, 0.6) is 0 Å². The zero-order chi connectivity index (χ0) is 15.7. The highest BCUT2D eigenvalue weighted by Crippen LogP contribution is 2.43. The fraction of sp³-hybridized carbons (Fsp3) is 0.182. The maximum absolute atomic E-state index is 12.7. The van der Waals surface area contributed by atoms with E-state index in [-0.39, 0.29) is 0 Å². The third kappa shape index (κ3) is 3.99. The molecule has 0 radical (unpaired) electrons. The lowest BCUT2D eigenvalue weighted by Gasteiger charge is -2.16. The van der Waals surface area contributed by atoms with E-state index in [1.165, 1.54) is 0 Å². The molecule has 9 heteroatoms. The summed E-state index contributed by atoms with van der Waals surface area (Å²) in [6, 6.07) is 0.859. The maximum atomic E-state index is 12.7. The molecule has 1 N–H and O–H groups in total. The standard InChI is InChI=1S/C11H5BrF6O2/c12-9-6(10(13,14)15)3-5(1-2-8(19)20)4-7(9)11(16,17)18/h1-4H,(H,19,20)/b2-1+. The normalized spacial score (nSPS) is 12.9. The number of alkyl halides is 6. The first-order chi connectivity index (χ1) is 8.93. The molecule has 0 spiro atoms. The van der Waals surface area contributed by atoms with Crippen LogP contribution in [0, 0.1) is 0 Å². The molecule has 0 bridgehead atoms. The van der Waals surface area contributed by atoms with Crippen LogP contribution in [-0.2, 0) is 17.1 Å². The van der Waals surface area contributed by atoms with Gasteiger partial charge in [0.05, 0.1) is 11.1 Å². The summed E-state index contributed by atoms with van der Waals surface area (Å²) in [5.74, 6) is -1.49. The van der Waals surface area contributed by atoms with E-state index in [1.54, 1.807) is 0 Å².